The Morgan fingerprint density at radius 1 is 1.53 bits per heavy atom. The first-order chi connectivity index (χ1) is 8.16. The molecule has 0 spiro atoms. The molecule has 1 heterocycles. The first-order valence-electron chi connectivity index (χ1n) is 5.89. The van der Waals surface area contributed by atoms with Gasteiger partial charge in [-0.15, -0.1) is 0 Å². The summed E-state index contributed by atoms with van der Waals surface area (Å²) in [5.74, 6) is -0.437. The molecule has 4 heteroatoms. The second-order valence-electron chi connectivity index (χ2n) is 4.44. The summed E-state index contributed by atoms with van der Waals surface area (Å²) in [6.45, 7) is 0.776. The molecule has 0 saturated carbocycles. The molecule has 2 nitrogen and oxygen atoms in total. The third-order valence-corrected chi connectivity index (χ3v) is 3.47. The second kappa shape index (κ2) is 5.80. The zero-order valence-electron chi connectivity index (χ0n) is 9.53. The summed E-state index contributed by atoms with van der Waals surface area (Å²) in [6, 6.07) is 4.66. The Morgan fingerprint density at radius 3 is 3.06 bits per heavy atom. The molecule has 94 valence electrons. The summed E-state index contributed by atoms with van der Waals surface area (Å²) in [6.07, 6.45) is 2.62. The lowest BCUT2D eigenvalue weighted by molar-refractivity contribution is 0.0541. The molecule has 0 radical (unpaired) electrons. The Labute approximate surface area is 105 Å². The van der Waals surface area contributed by atoms with Gasteiger partial charge < -0.3 is 9.84 Å². The van der Waals surface area contributed by atoms with Crippen molar-refractivity contribution in [2.75, 3.05) is 6.61 Å². The van der Waals surface area contributed by atoms with E-state index < -0.39 is 11.9 Å². The molecular weight excluding hydrogens is 243 g/mol. The van der Waals surface area contributed by atoms with Gasteiger partial charge in [-0.1, -0.05) is 23.7 Å². The van der Waals surface area contributed by atoms with Crippen LogP contribution in [-0.4, -0.2) is 23.9 Å². The second-order valence-corrected chi connectivity index (χ2v) is 4.82. The zero-order chi connectivity index (χ0) is 12.3. The average Bonchev–Trinajstić information content (AvgIpc) is 2.77. The third-order valence-electron chi connectivity index (χ3n) is 3.05. The van der Waals surface area contributed by atoms with E-state index in [0.717, 1.165) is 19.4 Å². The highest BCUT2D eigenvalue weighted by atomic mass is 35.5. The fourth-order valence-electron chi connectivity index (χ4n) is 2.18. The van der Waals surface area contributed by atoms with Crippen molar-refractivity contribution in [3.05, 3.63) is 34.6 Å². The van der Waals surface area contributed by atoms with Crippen molar-refractivity contribution in [1.29, 1.82) is 0 Å². The van der Waals surface area contributed by atoms with Crippen molar-refractivity contribution in [1.82, 2.24) is 0 Å². The van der Waals surface area contributed by atoms with Gasteiger partial charge in [-0.05, 0) is 30.9 Å². The van der Waals surface area contributed by atoms with Gasteiger partial charge in [-0.3, -0.25) is 0 Å². The largest absolute Gasteiger partial charge is 0.393 e. The highest BCUT2D eigenvalue weighted by Gasteiger charge is 2.20. The summed E-state index contributed by atoms with van der Waals surface area (Å²) in [5.41, 5.74) is 0.650. The highest BCUT2D eigenvalue weighted by molar-refractivity contribution is 6.31. The van der Waals surface area contributed by atoms with Crippen LogP contribution in [0.5, 0.6) is 0 Å². The van der Waals surface area contributed by atoms with Crippen LogP contribution in [0.1, 0.15) is 24.8 Å². The van der Waals surface area contributed by atoms with Crippen molar-refractivity contribution in [3.8, 4) is 0 Å². The maximum atomic E-state index is 13.2. The van der Waals surface area contributed by atoms with Gasteiger partial charge in [0.05, 0.1) is 17.2 Å². The number of benzene rings is 1. The minimum Gasteiger partial charge on any atom is -0.393 e. The van der Waals surface area contributed by atoms with E-state index in [0.29, 0.717) is 18.4 Å². The SMILES string of the molecule is OC(Cc1cccc(F)c1Cl)CC1CCCO1. The minimum absolute atomic E-state index is 0.110. The zero-order valence-corrected chi connectivity index (χ0v) is 10.3. The van der Waals surface area contributed by atoms with Crippen LogP contribution >= 0.6 is 11.6 Å². The van der Waals surface area contributed by atoms with E-state index in [1.807, 2.05) is 0 Å². The third kappa shape index (κ3) is 3.41. The van der Waals surface area contributed by atoms with E-state index in [1.165, 1.54) is 6.07 Å². The first kappa shape index (κ1) is 12.8. The summed E-state index contributed by atoms with van der Waals surface area (Å²) < 4.78 is 18.6. The van der Waals surface area contributed by atoms with Crippen LogP contribution in [0, 0.1) is 5.82 Å². The molecule has 1 aromatic rings. The minimum atomic E-state index is -0.530. The van der Waals surface area contributed by atoms with Crippen molar-refractivity contribution in [2.45, 2.75) is 37.9 Å². The summed E-state index contributed by atoms with van der Waals surface area (Å²) in [5, 5.41) is 10.0. The van der Waals surface area contributed by atoms with Gasteiger partial charge in [0, 0.05) is 13.0 Å². The Kier molecular flexibility index (Phi) is 4.37. The van der Waals surface area contributed by atoms with E-state index in [1.54, 1.807) is 12.1 Å². The molecule has 0 bridgehead atoms. The number of halogens is 2. The van der Waals surface area contributed by atoms with Crippen LogP contribution in [0.4, 0.5) is 4.39 Å². The molecule has 0 aliphatic carbocycles. The summed E-state index contributed by atoms with van der Waals surface area (Å²) in [7, 11) is 0. The van der Waals surface area contributed by atoms with E-state index in [2.05, 4.69) is 0 Å². The number of aliphatic hydroxyl groups excluding tert-OH is 1. The smallest absolute Gasteiger partial charge is 0.142 e. The quantitative estimate of drug-likeness (QED) is 0.900. The molecule has 1 saturated heterocycles. The van der Waals surface area contributed by atoms with Crippen LogP contribution in [-0.2, 0) is 11.2 Å². The Hall–Kier alpha value is -0.640. The standard InChI is InChI=1S/C13H16ClFO2/c14-13-9(3-1-5-12(13)15)7-10(16)8-11-4-2-6-17-11/h1,3,5,10-11,16H,2,4,6-8H2. The van der Waals surface area contributed by atoms with E-state index >= 15 is 0 Å². The van der Waals surface area contributed by atoms with Gasteiger partial charge in [-0.2, -0.15) is 0 Å². The normalized spacial score (nSPS) is 21.7. The number of aliphatic hydroxyl groups is 1. The number of rotatable bonds is 4. The molecule has 1 N–H and O–H groups in total. The van der Waals surface area contributed by atoms with Crippen LogP contribution < -0.4 is 0 Å². The van der Waals surface area contributed by atoms with Crippen molar-refractivity contribution >= 4 is 11.6 Å². The van der Waals surface area contributed by atoms with Gasteiger partial charge >= 0.3 is 0 Å². The van der Waals surface area contributed by atoms with Crippen LogP contribution in [0.3, 0.4) is 0 Å². The topological polar surface area (TPSA) is 29.5 Å². The monoisotopic (exact) mass is 258 g/mol. The summed E-state index contributed by atoms with van der Waals surface area (Å²) in [4.78, 5) is 0. The predicted molar refractivity (Wildman–Crippen MR) is 64.7 cm³/mol. The molecule has 1 aromatic carbocycles. The van der Waals surface area contributed by atoms with Crippen LogP contribution in [0.2, 0.25) is 5.02 Å². The predicted octanol–water partition coefficient (Wildman–Crippen LogP) is 2.95. The Balaban J connectivity index is 1.93. The lowest BCUT2D eigenvalue weighted by Crippen LogP contribution is -2.19. The molecule has 2 atom stereocenters. The van der Waals surface area contributed by atoms with Gasteiger partial charge in [0.25, 0.3) is 0 Å². The number of hydrogen-bond acceptors (Lipinski definition) is 2. The maximum absolute atomic E-state index is 13.2. The van der Waals surface area contributed by atoms with Crippen LogP contribution in [0.15, 0.2) is 18.2 Å². The lowest BCUT2D eigenvalue weighted by atomic mass is 10.0. The molecular formula is C13H16ClFO2. The fraction of sp³-hybridized carbons (Fsp3) is 0.538. The molecule has 1 aliphatic rings. The highest BCUT2D eigenvalue weighted by Crippen LogP contribution is 2.23. The van der Waals surface area contributed by atoms with Crippen molar-refractivity contribution in [2.24, 2.45) is 0 Å². The van der Waals surface area contributed by atoms with Gasteiger partial charge in [0.2, 0.25) is 0 Å². The Bertz CT molecular complexity index is 378. The first-order valence-corrected chi connectivity index (χ1v) is 6.27. The van der Waals surface area contributed by atoms with E-state index in [4.69, 9.17) is 16.3 Å². The molecule has 17 heavy (non-hydrogen) atoms. The Morgan fingerprint density at radius 2 is 2.35 bits per heavy atom. The van der Waals surface area contributed by atoms with Gasteiger partial charge in [-0.25, -0.2) is 4.39 Å². The molecule has 0 aromatic heterocycles. The molecule has 1 aliphatic heterocycles. The van der Waals surface area contributed by atoms with Crippen LogP contribution in [0.25, 0.3) is 0 Å². The lowest BCUT2D eigenvalue weighted by Gasteiger charge is -2.16. The van der Waals surface area contributed by atoms with Gasteiger partial charge in [0.15, 0.2) is 0 Å². The molecule has 2 rings (SSSR count). The fourth-order valence-corrected chi connectivity index (χ4v) is 2.38. The number of ether oxygens (including phenoxy) is 1. The van der Waals surface area contributed by atoms with Gasteiger partial charge in [0.1, 0.15) is 5.82 Å². The molecule has 2 unspecified atom stereocenters. The molecule has 1 fully saturated rings. The molecule has 0 amide bonds. The maximum Gasteiger partial charge on any atom is 0.142 e. The van der Waals surface area contributed by atoms with Crippen molar-refractivity contribution in [3.63, 3.8) is 0 Å². The van der Waals surface area contributed by atoms with E-state index in [-0.39, 0.29) is 11.1 Å². The number of hydrogen-bond donors (Lipinski definition) is 1. The van der Waals surface area contributed by atoms with Crippen molar-refractivity contribution < 1.29 is 14.2 Å². The van der Waals surface area contributed by atoms with E-state index in [9.17, 15) is 9.50 Å². The average molecular weight is 259 g/mol. The summed E-state index contributed by atoms with van der Waals surface area (Å²) >= 11 is 5.84.